The van der Waals surface area contributed by atoms with Crippen molar-refractivity contribution in [2.45, 2.75) is 24.4 Å². The Bertz CT molecular complexity index is 1280. The summed E-state index contributed by atoms with van der Waals surface area (Å²) in [4.78, 5) is 24.5. The van der Waals surface area contributed by atoms with Gasteiger partial charge in [-0.2, -0.15) is 13.2 Å². The fraction of sp³-hybridized carbons (Fsp3) is 0.167. The van der Waals surface area contributed by atoms with E-state index in [1.165, 1.54) is 18.2 Å². The standard InChI is InChI=1S/C24H21ClF3N5O2S/c1-2-12-33-20(14-29-21(34)11-10-16-6-3-4-9-19(16)25)31-32-23(33)36-15-22(35)30-18-8-5-7-17(13-18)24(26,27)28/h2-11,13H,1,12,14-15H2,(H,29,34)(H,30,35)/b11-10+. The van der Waals surface area contributed by atoms with Gasteiger partial charge in [-0.3, -0.25) is 9.59 Å². The number of aromatic nitrogens is 3. The highest BCUT2D eigenvalue weighted by Gasteiger charge is 2.30. The van der Waals surface area contributed by atoms with E-state index in [1.54, 1.807) is 41.0 Å². The summed E-state index contributed by atoms with van der Waals surface area (Å²) in [6, 6.07) is 11.5. The molecule has 0 unspecified atom stereocenters. The summed E-state index contributed by atoms with van der Waals surface area (Å²) in [5.41, 5.74) is -0.116. The van der Waals surface area contributed by atoms with Crippen LogP contribution in [0.4, 0.5) is 18.9 Å². The molecule has 0 radical (unpaired) electrons. The van der Waals surface area contributed by atoms with Crippen LogP contribution in [-0.4, -0.2) is 32.3 Å². The smallest absolute Gasteiger partial charge is 0.345 e. The van der Waals surface area contributed by atoms with Crippen LogP contribution >= 0.6 is 23.4 Å². The molecule has 2 N–H and O–H groups in total. The van der Waals surface area contributed by atoms with Crippen molar-refractivity contribution in [1.29, 1.82) is 0 Å². The minimum atomic E-state index is -4.51. The van der Waals surface area contributed by atoms with Gasteiger partial charge in [-0.15, -0.1) is 16.8 Å². The van der Waals surface area contributed by atoms with Crippen molar-refractivity contribution >= 4 is 46.9 Å². The molecule has 3 rings (SSSR count). The van der Waals surface area contributed by atoms with Crippen molar-refractivity contribution in [3.63, 3.8) is 0 Å². The molecule has 1 aromatic heterocycles. The number of halogens is 4. The zero-order valence-corrected chi connectivity index (χ0v) is 20.3. The molecule has 0 bridgehead atoms. The largest absolute Gasteiger partial charge is 0.416 e. The van der Waals surface area contributed by atoms with E-state index in [4.69, 9.17) is 11.6 Å². The second-order valence-electron chi connectivity index (χ2n) is 7.29. The van der Waals surface area contributed by atoms with Gasteiger partial charge in [0.15, 0.2) is 11.0 Å². The Hall–Kier alpha value is -3.57. The maximum Gasteiger partial charge on any atom is 0.416 e. The monoisotopic (exact) mass is 535 g/mol. The predicted octanol–water partition coefficient (Wildman–Crippen LogP) is 5.20. The van der Waals surface area contributed by atoms with E-state index in [2.05, 4.69) is 27.4 Å². The number of benzene rings is 2. The Labute approximate surface area is 214 Å². The van der Waals surface area contributed by atoms with Crippen LogP contribution in [0.2, 0.25) is 5.02 Å². The number of hydrogen-bond acceptors (Lipinski definition) is 5. The Morgan fingerprint density at radius 1 is 1.14 bits per heavy atom. The molecule has 0 aliphatic carbocycles. The van der Waals surface area contributed by atoms with Crippen LogP contribution < -0.4 is 10.6 Å². The first-order chi connectivity index (χ1) is 17.2. The summed E-state index contributed by atoms with van der Waals surface area (Å²) >= 11 is 7.13. The van der Waals surface area contributed by atoms with Gasteiger partial charge >= 0.3 is 6.18 Å². The van der Waals surface area contributed by atoms with Crippen molar-refractivity contribution in [2.24, 2.45) is 0 Å². The zero-order chi connectivity index (χ0) is 26.1. The average Bonchev–Trinajstić information content (AvgIpc) is 3.22. The molecular formula is C24H21ClF3N5O2S. The maximum atomic E-state index is 12.9. The number of amides is 2. The van der Waals surface area contributed by atoms with Gasteiger partial charge in [0.1, 0.15) is 0 Å². The second-order valence-corrected chi connectivity index (χ2v) is 8.64. The lowest BCUT2D eigenvalue weighted by atomic mass is 10.2. The number of carbonyl (C=O) groups is 2. The summed E-state index contributed by atoms with van der Waals surface area (Å²) in [6.07, 6.45) is 0.0468. The third kappa shape index (κ3) is 7.72. The summed E-state index contributed by atoms with van der Waals surface area (Å²) in [6.45, 7) is 4.09. The molecule has 0 saturated carbocycles. The number of allylic oxidation sites excluding steroid dienone is 1. The molecule has 12 heteroatoms. The third-order valence-corrected chi connectivity index (χ3v) is 5.96. The molecule has 7 nitrogen and oxygen atoms in total. The Kier molecular flexibility index (Phi) is 9.31. The molecule has 0 fully saturated rings. The fourth-order valence-corrected chi connectivity index (χ4v) is 3.94. The number of carbonyl (C=O) groups excluding carboxylic acids is 2. The van der Waals surface area contributed by atoms with Gasteiger partial charge in [0.25, 0.3) is 0 Å². The summed E-state index contributed by atoms with van der Waals surface area (Å²) in [5.74, 6) is -0.543. The van der Waals surface area contributed by atoms with Gasteiger partial charge in [-0.25, -0.2) is 0 Å². The van der Waals surface area contributed by atoms with Gasteiger partial charge < -0.3 is 15.2 Å². The molecule has 2 aromatic carbocycles. The Balaban J connectivity index is 1.58. The molecule has 0 spiro atoms. The van der Waals surface area contributed by atoms with E-state index >= 15 is 0 Å². The topological polar surface area (TPSA) is 88.9 Å². The quantitative estimate of drug-likeness (QED) is 0.212. The van der Waals surface area contributed by atoms with Crippen molar-refractivity contribution in [2.75, 3.05) is 11.1 Å². The molecule has 0 saturated heterocycles. The Morgan fingerprint density at radius 2 is 1.92 bits per heavy atom. The summed E-state index contributed by atoms with van der Waals surface area (Å²) < 4.78 is 40.3. The van der Waals surface area contributed by atoms with Crippen LogP contribution in [0.3, 0.4) is 0 Å². The number of thioether (sulfide) groups is 1. The van der Waals surface area contributed by atoms with E-state index in [1.807, 2.05) is 0 Å². The van der Waals surface area contributed by atoms with E-state index < -0.39 is 17.6 Å². The lowest BCUT2D eigenvalue weighted by Crippen LogP contribution is -2.23. The van der Waals surface area contributed by atoms with Gasteiger partial charge in [-0.1, -0.05) is 53.7 Å². The molecule has 2 amide bonds. The summed E-state index contributed by atoms with van der Waals surface area (Å²) in [5, 5.41) is 14.2. The molecule has 0 aliphatic heterocycles. The molecule has 1 heterocycles. The highest BCUT2D eigenvalue weighted by molar-refractivity contribution is 7.99. The van der Waals surface area contributed by atoms with Gasteiger partial charge in [0.05, 0.1) is 17.9 Å². The lowest BCUT2D eigenvalue weighted by Gasteiger charge is -2.10. The summed E-state index contributed by atoms with van der Waals surface area (Å²) in [7, 11) is 0. The SMILES string of the molecule is C=CCn1c(CNC(=O)/C=C/c2ccccc2Cl)nnc1SCC(=O)Nc1cccc(C(F)(F)F)c1. The predicted molar refractivity (Wildman–Crippen MR) is 133 cm³/mol. The highest BCUT2D eigenvalue weighted by atomic mass is 35.5. The van der Waals surface area contributed by atoms with E-state index in [-0.39, 0.29) is 23.9 Å². The van der Waals surface area contributed by atoms with Crippen LogP contribution in [0, 0.1) is 0 Å². The van der Waals surface area contributed by atoms with Crippen LogP contribution in [0.1, 0.15) is 17.0 Å². The van der Waals surface area contributed by atoms with Crippen LogP contribution in [0.15, 0.2) is 72.4 Å². The maximum absolute atomic E-state index is 12.9. The molecule has 188 valence electrons. The van der Waals surface area contributed by atoms with Gasteiger partial charge in [-0.05, 0) is 35.9 Å². The molecule has 0 aliphatic rings. The van der Waals surface area contributed by atoms with Gasteiger partial charge in [0.2, 0.25) is 11.8 Å². The van der Waals surface area contributed by atoms with Crippen LogP contribution in [-0.2, 0) is 28.9 Å². The van der Waals surface area contributed by atoms with Crippen LogP contribution in [0.5, 0.6) is 0 Å². The highest BCUT2D eigenvalue weighted by Crippen LogP contribution is 2.30. The number of alkyl halides is 3. The van der Waals surface area contributed by atoms with Crippen LogP contribution in [0.25, 0.3) is 6.08 Å². The lowest BCUT2D eigenvalue weighted by molar-refractivity contribution is -0.137. The molecular weight excluding hydrogens is 515 g/mol. The first kappa shape index (κ1) is 27.0. The zero-order valence-electron chi connectivity index (χ0n) is 18.8. The molecule has 3 aromatic rings. The number of hydrogen-bond donors (Lipinski definition) is 2. The van der Waals surface area contributed by atoms with Crippen molar-refractivity contribution < 1.29 is 22.8 Å². The normalized spacial score (nSPS) is 11.4. The Morgan fingerprint density at radius 3 is 2.64 bits per heavy atom. The number of nitrogens with zero attached hydrogens (tertiary/aromatic N) is 3. The first-order valence-electron chi connectivity index (χ1n) is 10.5. The number of rotatable bonds is 10. The van der Waals surface area contributed by atoms with Crippen molar-refractivity contribution in [1.82, 2.24) is 20.1 Å². The number of anilines is 1. The molecule has 0 atom stereocenters. The van der Waals surface area contributed by atoms with Crippen molar-refractivity contribution in [3.8, 4) is 0 Å². The van der Waals surface area contributed by atoms with Crippen molar-refractivity contribution in [3.05, 3.63) is 89.2 Å². The van der Waals surface area contributed by atoms with E-state index in [0.29, 0.717) is 28.1 Å². The third-order valence-electron chi connectivity index (χ3n) is 4.65. The van der Waals surface area contributed by atoms with E-state index in [9.17, 15) is 22.8 Å². The average molecular weight is 536 g/mol. The fourth-order valence-electron chi connectivity index (χ4n) is 2.97. The minimum absolute atomic E-state index is 0.0382. The van der Waals surface area contributed by atoms with E-state index in [0.717, 1.165) is 23.9 Å². The molecule has 36 heavy (non-hydrogen) atoms. The second kappa shape index (κ2) is 12.4. The minimum Gasteiger partial charge on any atom is -0.345 e. The van der Waals surface area contributed by atoms with Gasteiger partial charge in [0, 0.05) is 23.3 Å². The first-order valence-corrected chi connectivity index (χ1v) is 11.9. The number of nitrogens with one attached hydrogen (secondary N) is 2.